The molecular weight excluding hydrogens is 257 g/mol. The Bertz CT molecular complexity index is 603. The van der Waals surface area contributed by atoms with Gasteiger partial charge in [0.2, 0.25) is 0 Å². The first-order chi connectivity index (χ1) is 8.97. The molecule has 2 rings (SSSR count). The minimum atomic E-state index is -1.18. The molecule has 0 heterocycles. The van der Waals surface area contributed by atoms with E-state index in [0.29, 0.717) is 17.8 Å². The molecule has 0 aromatic heterocycles. The van der Waals surface area contributed by atoms with Crippen molar-refractivity contribution in [2.45, 2.75) is 0 Å². The molecule has 0 fully saturated rings. The van der Waals surface area contributed by atoms with Crippen LogP contribution in [0.25, 0.3) is 0 Å². The van der Waals surface area contributed by atoms with Gasteiger partial charge in [0.25, 0.3) is 5.91 Å². The van der Waals surface area contributed by atoms with E-state index in [9.17, 15) is 18.0 Å². The van der Waals surface area contributed by atoms with Gasteiger partial charge in [-0.1, -0.05) is 0 Å². The maximum Gasteiger partial charge on any atom is 0.255 e. The van der Waals surface area contributed by atoms with Gasteiger partial charge in [0.15, 0.2) is 11.6 Å². The van der Waals surface area contributed by atoms with Crippen molar-refractivity contribution in [2.75, 3.05) is 11.1 Å². The van der Waals surface area contributed by atoms with Crippen molar-refractivity contribution in [2.24, 2.45) is 0 Å². The Hall–Kier alpha value is -2.50. The first-order valence-electron chi connectivity index (χ1n) is 5.29. The van der Waals surface area contributed by atoms with Gasteiger partial charge in [-0.15, -0.1) is 0 Å². The Kier molecular flexibility index (Phi) is 3.41. The molecule has 0 spiro atoms. The number of amides is 1. The number of carbonyl (C=O) groups excluding carboxylic acids is 1. The van der Waals surface area contributed by atoms with E-state index < -0.39 is 29.0 Å². The second-order valence-corrected chi connectivity index (χ2v) is 3.82. The fourth-order valence-corrected chi connectivity index (χ4v) is 1.48. The molecule has 0 radical (unpaired) electrons. The minimum Gasteiger partial charge on any atom is -0.399 e. The second kappa shape index (κ2) is 5.01. The molecule has 0 saturated carbocycles. The van der Waals surface area contributed by atoms with Crippen LogP contribution in [0.5, 0.6) is 0 Å². The van der Waals surface area contributed by atoms with Crippen molar-refractivity contribution in [1.82, 2.24) is 0 Å². The van der Waals surface area contributed by atoms with Crippen molar-refractivity contribution in [3.05, 3.63) is 59.4 Å². The molecule has 3 N–H and O–H groups in total. The monoisotopic (exact) mass is 266 g/mol. The number of nitrogens with two attached hydrogens (primary N) is 1. The largest absolute Gasteiger partial charge is 0.399 e. The molecule has 2 aromatic rings. The molecule has 0 aliphatic heterocycles. The van der Waals surface area contributed by atoms with Crippen molar-refractivity contribution < 1.29 is 18.0 Å². The summed E-state index contributed by atoms with van der Waals surface area (Å²) in [5.74, 6) is -4.13. The van der Waals surface area contributed by atoms with Crippen LogP contribution in [0.1, 0.15) is 10.4 Å². The van der Waals surface area contributed by atoms with Crippen LogP contribution in [-0.4, -0.2) is 5.91 Å². The van der Waals surface area contributed by atoms with E-state index in [1.165, 1.54) is 24.3 Å². The maximum atomic E-state index is 13.3. The van der Waals surface area contributed by atoms with Gasteiger partial charge in [0.05, 0.1) is 0 Å². The zero-order valence-electron chi connectivity index (χ0n) is 9.58. The lowest BCUT2D eigenvalue weighted by Gasteiger charge is -2.08. The summed E-state index contributed by atoms with van der Waals surface area (Å²) in [5.41, 5.74) is 5.39. The molecule has 0 unspecified atom stereocenters. The van der Waals surface area contributed by atoms with Crippen LogP contribution in [-0.2, 0) is 0 Å². The molecule has 98 valence electrons. The third kappa shape index (κ3) is 2.85. The fraction of sp³-hybridized carbons (Fsp3) is 0. The average molecular weight is 266 g/mol. The smallest absolute Gasteiger partial charge is 0.255 e. The minimum absolute atomic E-state index is 0.178. The van der Waals surface area contributed by atoms with E-state index in [-0.39, 0.29) is 5.56 Å². The van der Waals surface area contributed by atoms with Crippen LogP contribution >= 0.6 is 0 Å². The number of rotatable bonds is 2. The molecule has 2 aromatic carbocycles. The highest BCUT2D eigenvalue weighted by Gasteiger charge is 2.15. The topological polar surface area (TPSA) is 55.1 Å². The Morgan fingerprint density at radius 2 is 1.53 bits per heavy atom. The quantitative estimate of drug-likeness (QED) is 0.821. The van der Waals surface area contributed by atoms with Crippen LogP contribution < -0.4 is 11.1 Å². The van der Waals surface area contributed by atoms with Gasteiger partial charge < -0.3 is 11.1 Å². The summed E-state index contributed by atoms with van der Waals surface area (Å²) in [6.07, 6.45) is 0. The summed E-state index contributed by atoms with van der Waals surface area (Å²) in [5, 5.41) is 2.05. The molecule has 1 amide bonds. The standard InChI is InChI=1S/C13H9F3N2O/c14-8-5-10(15)12(11(16)6-8)18-13(19)7-1-3-9(17)4-2-7/h1-6H,17H2,(H,18,19). The Morgan fingerprint density at radius 3 is 2.05 bits per heavy atom. The number of nitrogen functional groups attached to an aromatic ring is 1. The number of nitrogens with one attached hydrogen (secondary N) is 1. The van der Waals surface area contributed by atoms with Gasteiger partial charge in [-0.3, -0.25) is 4.79 Å². The highest BCUT2D eigenvalue weighted by Crippen LogP contribution is 2.21. The predicted octanol–water partition coefficient (Wildman–Crippen LogP) is 2.94. The van der Waals surface area contributed by atoms with Gasteiger partial charge >= 0.3 is 0 Å². The molecule has 3 nitrogen and oxygen atoms in total. The number of benzene rings is 2. The summed E-state index contributed by atoms with van der Waals surface area (Å²) < 4.78 is 39.4. The third-order valence-corrected chi connectivity index (χ3v) is 2.42. The lowest BCUT2D eigenvalue weighted by Crippen LogP contribution is -2.14. The molecule has 0 bridgehead atoms. The van der Waals surface area contributed by atoms with Crippen LogP contribution in [0.15, 0.2) is 36.4 Å². The Labute approximate surface area is 106 Å². The van der Waals surface area contributed by atoms with E-state index in [1.807, 2.05) is 5.32 Å². The highest BCUT2D eigenvalue weighted by atomic mass is 19.1. The van der Waals surface area contributed by atoms with Gasteiger partial charge in [0, 0.05) is 23.4 Å². The first-order valence-corrected chi connectivity index (χ1v) is 5.29. The summed E-state index contributed by atoms with van der Waals surface area (Å²) in [4.78, 5) is 11.7. The van der Waals surface area contributed by atoms with Crippen LogP contribution in [0.3, 0.4) is 0 Å². The number of hydrogen-bond acceptors (Lipinski definition) is 2. The number of hydrogen-bond donors (Lipinski definition) is 2. The molecule has 0 aliphatic rings. The summed E-state index contributed by atoms with van der Waals surface area (Å²) in [6.45, 7) is 0. The van der Waals surface area contributed by atoms with E-state index in [1.54, 1.807) is 0 Å². The number of anilines is 2. The lowest BCUT2D eigenvalue weighted by molar-refractivity contribution is 0.102. The van der Waals surface area contributed by atoms with Crippen LogP contribution in [0.4, 0.5) is 24.5 Å². The van der Waals surface area contributed by atoms with Crippen molar-refractivity contribution in [1.29, 1.82) is 0 Å². The predicted molar refractivity (Wildman–Crippen MR) is 65.1 cm³/mol. The van der Waals surface area contributed by atoms with Gasteiger partial charge in [-0.25, -0.2) is 13.2 Å². The fourth-order valence-electron chi connectivity index (χ4n) is 1.48. The van der Waals surface area contributed by atoms with Crippen LogP contribution in [0.2, 0.25) is 0 Å². The summed E-state index contributed by atoms with van der Waals surface area (Å²) in [7, 11) is 0. The molecule has 0 aliphatic carbocycles. The molecule has 0 atom stereocenters. The zero-order valence-corrected chi connectivity index (χ0v) is 9.58. The Balaban J connectivity index is 2.26. The van der Waals surface area contributed by atoms with E-state index >= 15 is 0 Å². The van der Waals surface area contributed by atoms with Gasteiger partial charge in [-0.05, 0) is 24.3 Å². The molecule has 0 saturated heterocycles. The molecule has 19 heavy (non-hydrogen) atoms. The van der Waals surface area contributed by atoms with Crippen molar-refractivity contribution in [3.63, 3.8) is 0 Å². The van der Waals surface area contributed by atoms with Crippen molar-refractivity contribution >= 4 is 17.3 Å². The second-order valence-electron chi connectivity index (χ2n) is 3.82. The average Bonchev–Trinajstić information content (AvgIpc) is 2.34. The van der Waals surface area contributed by atoms with Crippen molar-refractivity contribution in [3.8, 4) is 0 Å². The van der Waals surface area contributed by atoms with Gasteiger partial charge in [0.1, 0.15) is 11.5 Å². The van der Waals surface area contributed by atoms with E-state index in [2.05, 4.69) is 0 Å². The van der Waals surface area contributed by atoms with E-state index in [0.717, 1.165) is 0 Å². The van der Waals surface area contributed by atoms with Gasteiger partial charge in [-0.2, -0.15) is 0 Å². The number of carbonyl (C=O) groups is 1. The Morgan fingerprint density at radius 1 is 1.00 bits per heavy atom. The third-order valence-electron chi connectivity index (χ3n) is 2.42. The zero-order chi connectivity index (χ0) is 14.0. The van der Waals surface area contributed by atoms with Crippen LogP contribution in [0, 0.1) is 17.5 Å². The molecule has 6 heteroatoms. The number of halogens is 3. The highest BCUT2D eigenvalue weighted by molar-refractivity contribution is 6.04. The first kappa shape index (κ1) is 12.9. The maximum absolute atomic E-state index is 13.3. The summed E-state index contributed by atoms with van der Waals surface area (Å²) >= 11 is 0. The van der Waals surface area contributed by atoms with E-state index in [4.69, 9.17) is 5.73 Å². The molecular formula is C13H9F3N2O. The summed E-state index contributed by atoms with van der Waals surface area (Å²) in [6, 6.07) is 6.75. The normalized spacial score (nSPS) is 10.3. The lowest BCUT2D eigenvalue weighted by atomic mass is 10.2. The SMILES string of the molecule is Nc1ccc(C(=O)Nc2c(F)cc(F)cc2F)cc1.